The second kappa shape index (κ2) is 10.4. The van der Waals surface area contributed by atoms with Gasteiger partial charge in [-0.1, -0.05) is 30.0 Å². The van der Waals surface area contributed by atoms with Gasteiger partial charge in [-0.25, -0.2) is 4.79 Å². The largest absolute Gasteiger partial charge is 0.457 e. The summed E-state index contributed by atoms with van der Waals surface area (Å²) < 4.78 is 6.33. The van der Waals surface area contributed by atoms with E-state index in [2.05, 4.69) is 40.0 Å². The zero-order valence-corrected chi connectivity index (χ0v) is 23.9. The van der Waals surface area contributed by atoms with Crippen molar-refractivity contribution in [1.82, 2.24) is 20.9 Å². The van der Waals surface area contributed by atoms with Crippen LogP contribution in [0.25, 0.3) is 0 Å². The SMILES string of the molecule is Cc1cc(Oc2ccccc2C2CC2)ccc1N1C(=O)NC2=C(C(=O)N[C@@H]3CCCN(C)C3)SC3NCCC1C23. The second-order valence-corrected chi connectivity index (χ2v) is 13.0. The van der Waals surface area contributed by atoms with Gasteiger partial charge in [-0.05, 0) is 100 Å². The number of likely N-dealkylation sites (N-methyl/N-ethyl adjacent to an activating group) is 1. The van der Waals surface area contributed by atoms with Gasteiger partial charge in [0.05, 0.1) is 16.3 Å². The van der Waals surface area contributed by atoms with Crippen molar-refractivity contribution in [1.29, 1.82) is 0 Å². The minimum atomic E-state index is -0.169. The van der Waals surface area contributed by atoms with Gasteiger partial charge >= 0.3 is 6.03 Å². The van der Waals surface area contributed by atoms with Gasteiger partial charge in [0, 0.05) is 29.9 Å². The third-order valence-electron chi connectivity index (χ3n) is 8.90. The fraction of sp³-hybridized carbons (Fsp3) is 0.484. The number of anilines is 1. The second-order valence-electron chi connectivity index (χ2n) is 11.9. The molecule has 0 spiro atoms. The number of carbonyl (C=O) groups is 2. The number of hydrogen-bond donors (Lipinski definition) is 3. The van der Waals surface area contributed by atoms with Gasteiger partial charge < -0.3 is 25.6 Å². The van der Waals surface area contributed by atoms with Crippen molar-refractivity contribution in [2.75, 3.05) is 31.6 Å². The number of piperidine rings is 2. The Kier molecular flexibility index (Phi) is 6.76. The summed E-state index contributed by atoms with van der Waals surface area (Å²) in [7, 11) is 2.09. The third kappa shape index (κ3) is 4.78. The van der Waals surface area contributed by atoms with Crippen molar-refractivity contribution < 1.29 is 14.3 Å². The number of nitrogens with zero attached hydrogens (tertiary/aromatic N) is 2. The molecule has 4 heterocycles. The number of nitrogens with one attached hydrogen (secondary N) is 3. The maximum Gasteiger partial charge on any atom is 0.326 e. The Bertz CT molecular complexity index is 1370. The monoisotopic (exact) mass is 559 g/mol. The van der Waals surface area contributed by atoms with Crippen molar-refractivity contribution in [3.63, 3.8) is 0 Å². The minimum Gasteiger partial charge on any atom is -0.457 e. The van der Waals surface area contributed by atoms with Crippen molar-refractivity contribution in [2.24, 2.45) is 5.92 Å². The molecule has 8 nitrogen and oxygen atoms in total. The van der Waals surface area contributed by atoms with Crippen LogP contribution in [0.2, 0.25) is 0 Å². The number of para-hydroxylation sites is 1. The maximum absolute atomic E-state index is 13.7. The van der Waals surface area contributed by atoms with Crippen LogP contribution < -0.4 is 25.6 Å². The first kappa shape index (κ1) is 25.9. The van der Waals surface area contributed by atoms with Crippen molar-refractivity contribution in [3.05, 3.63) is 64.2 Å². The molecule has 5 aliphatic rings. The van der Waals surface area contributed by atoms with Gasteiger partial charge in [-0.2, -0.15) is 0 Å². The molecule has 2 aromatic rings. The van der Waals surface area contributed by atoms with E-state index >= 15 is 0 Å². The molecule has 7 rings (SSSR count). The van der Waals surface area contributed by atoms with Crippen LogP contribution >= 0.6 is 11.8 Å². The molecule has 0 radical (unpaired) electrons. The van der Waals surface area contributed by atoms with Crippen LogP contribution in [0.4, 0.5) is 10.5 Å². The highest BCUT2D eigenvalue weighted by atomic mass is 32.2. The molecule has 4 fully saturated rings. The molecule has 1 aliphatic carbocycles. The Morgan fingerprint density at radius 3 is 2.77 bits per heavy atom. The maximum atomic E-state index is 13.7. The molecule has 210 valence electrons. The summed E-state index contributed by atoms with van der Waals surface area (Å²) >= 11 is 1.57. The van der Waals surface area contributed by atoms with Gasteiger partial charge in [0.25, 0.3) is 5.91 Å². The number of ether oxygens (including phenoxy) is 1. The van der Waals surface area contributed by atoms with Crippen LogP contribution in [0, 0.1) is 12.8 Å². The summed E-state index contributed by atoms with van der Waals surface area (Å²) in [5, 5.41) is 10.1. The van der Waals surface area contributed by atoms with Gasteiger partial charge in [-0.15, -0.1) is 0 Å². The number of benzene rings is 2. The molecule has 2 aromatic carbocycles. The fourth-order valence-corrected chi connectivity index (χ4v) is 8.23. The highest BCUT2D eigenvalue weighted by Crippen LogP contribution is 2.49. The van der Waals surface area contributed by atoms with E-state index in [-0.39, 0.29) is 35.3 Å². The van der Waals surface area contributed by atoms with Crippen LogP contribution in [-0.2, 0) is 4.79 Å². The average molecular weight is 560 g/mol. The Morgan fingerprint density at radius 2 is 1.98 bits per heavy atom. The molecule has 40 heavy (non-hydrogen) atoms. The van der Waals surface area contributed by atoms with E-state index in [0.717, 1.165) is 67.3 Å². The van der Waals surface area contributed by atoms with Gasteiger partial charge in [0.15, 0.2) is 0 Å². The van der Waals surface area contributed by atoms with Crippen molar-refractivity contribution in [2.45, 2.75) is 62.4 Å². The number of likely N-dealkylation sites (tertiary alicyclic amines) is 1. The van der Waals surface area contributed by atoms with Crippen molar-refractivity contribution in [3.8, 4) is 11.5 Å². The van der Waals surface area contributed by atoms with Crippen LogP contribution in [0.1, 0.15) is 49.1 Å². The Morgan fingerprint density at radius 1 is 1.12 bits per heavy atom. The minimum absolute atomic E-state index is 0.0188. The number of thioether (sulfide) groups is 1. The summed E-state index contributed by atoms with van der Waals surface area (Å²) in [6, 6.07) is 14.2. The smallest absolute Gasteiger partial charge is 0.326 e. The molecule has 3 saturated heterocycles. The van der Waals surface area contributed by atoms with E-state index in [1.165, 1.54) is 18.4 Å². The summed E-state index contributed by atoms with van der Waals surface area (Å²) in [5.41, 5.74) is 3.93. The number of amides is 3. The average Bonchev–Trinajstić information content (AvgIpc) is 3.72. The summed E-state index contributed by atoms with van der Waals surface area (Å²) in [4.78, 5) is 31.9. The lowest BCUT2D eigenvalue weighted by atomic mass is 9.86. The van der Waals surface area contributed by atoms with E-state index in [9.17, 15) is 9.59 Å². The first-order valence-electron chi connectivity index (χ1n) is 14.6. The fourth-order valence-electron chi connectivity index (χ4n) is 6.83. The van der Waals surface area contributed by atoms with E-state index in [4.69, 9.17) is 4.74 Å². The zero-order chi connectivity index (χ0) is 27.4. The summed E-state index contributed by atoms with van der Waals surface area (Å²) in [6.07, 6.45) is 5.33. The Hall–Kier alpha value is -3.01. The third-order valence-corrected chi connectivity index (χ3v) is 10.3. The standard InChI is InChI=1S/C31H37N5O3S/c1-18-16-21(39-25-8-4-3-7-22(25)19-9-10-19)11-12-23(18)36-24-13-14-32-30-26(24)27(34-31(36)38)28(40-30)29(37)33-20-6-5-15-35(2)17-20/h3-4,7-8,11-12,16,19-20,24,26,30,32H,5-6,9-10,13-15,17H2,1-2H3,(H,33,37)(H,34,38)/t20-,24?,26?,30?/m1/s1. The molecule has 0 aromatic heterocycles. The Balaban J connectivity index is 1.13. The molecular weight excluding hydrogens is 522 g/mol. The van der Waals surface area contributed by atoms with Gasteiger partial charge in [-0.3, -0.25) is 9.69 Å². The van der Waals surface area contributed by atoms with E-state index in [1.54, 1.807) is 11.8 Å². The van der Waals surface area contributed by atoms with E-state index in [0.29, 0.717) is 10.8 Å². The highest BCUT2D eigenvalue weighted by molar-refractivity contribution is 8.04. The predicted octanol–water partition coefficient (Wildman–Crippen LogP) is 4.67. The lowest BCUT2D eigenvalue weighted by molar-refractivity contribution is -0.117. The molecule has 4 aliphatic heterocycles. The number of urea groups is 1. The summed E-state index contributed by atoms with van der Waals surface area (Å²) in [5.74, 6) is 2.26. The molecule has 0 bridgehead atoms. The topological polar surface area (TPSA) is 85.9 Å². The number of rotatable bonds is 6. The van der Waals surface area contributed by atoms with Crippen LogP contribution in [0.15, 0.2) is 53.1 Å². The number of carbonyl (C=O) groups excluding carboxylic acids is 2. The van der Waals surface area contributed by atoms with E-state index < -0.39 is 0 Å². The van der Waals surface area contributed by atoms with Crippen LogP contribution in [0.3, 0.4) is 0 Å². The lowest BCUT2D eigenvalue weighted by Gasteiger charge is -2.46. The quantitative estimate of drug-likeness (QED) is 0.477. The molecule has 3 amide bonds. The first-order chi connectivity index (χ1) is 19.5. The Labute approximate surface area is 239 Å². The molecule has 9 heteroatoms. The highest BCUT2D eigenvalue weighted by Gasteiger charge is 2.52. The first-order valence-corrected chi connectivity index (χ1v) is 15.5. The predicted molar refractivity (Wildman–Crippen MR) is 158 cm³/mol. The number of hydrogen-bond acceptors (Lipinski definition) is 6. The van der Waals surface area contributed by atoms with Crippen molar-refractivity contribution >= 4 is 29.4 Å². The molecular formula is C31H37N5O3S. The molecule has 4 atom stereocenters. The molecule has 1 saturated carbocycles. The molecule has 3 unspecified atom stereocenters. The van der Waals surface area contributed by atoms with Gasteiger partial charge in [0.2, 0.25) is 0 Å². The normalized spacial score (nSPS) is 28.2. The lowest BCUT2D eigenvalue weighted by Crippen LogP contribution is -2.62. The number of aryl methyl sites for hydroxylation is 1. The summed E-state index contributed by atoms with van der Waals surface area (Å²) in [6.45, 7) is 4.76. The van der Waals surface area contributed by atoms with Crippen LogP contribution in [0.5, 0.6) is 11.5 Å². The zero-order valence-electron chi connectivity index (χ0n) is 23.1. The molecule has 3 N–H and O–H groups in total. The van der Waals surface area contributed by atoms with Crippen LogP contribution in [-0.4, -0.2) is 61.0 Å². The van der Waals surface area contributed by atoms with E-state index in [1.807, 2.05) is 42.2 Å². The van der Waals surface area contributed by atoms with Gasteiger partial charge in [0.1, 0.15) is 11.5 Å².